The lowest BCUT2D eigenvalue weighted by Gasteiger charge is -2.14. The SMILES string of the molecule is Cc1cc(F)ccc1S(=O)(=O)NCCCN1CCCC1. The van der Waals surface area contributed by atoms with E-state index in [-0.39, 0.29) is 4.90 Å². The number of nitrogens with one attached hydrogen (secondary N) is 1. The van der Waals surface area contributed by atoms with E-state index < -0.39 is 15.8 Å². The maximum atomic E-state index is 13.0. The second kappa shape index (κ2) is 6.65. The highest BCUT2D eigenvalue weighted by Gasteiger charge is 2.17. The van der Waals surface area contributed by atoms with Crippen LogP contribution < -0.4 is 4.72 Å². The highest BCUT2D eigenvalue weighted by atomic mass is 32.2. The zero-order valence-corrected chi connectivity index (χ0v) is 12.5. The maximum Gasteiger partial charge on any atom is 0.240 e. The summed E-state index contributed by atoms with van der Waals surface area (Å²) in [6, 6.07) is 3.72. The van der Waals surface area contributed by atoms with Gasteiger partial charge in [-0.1, -0.05) is 0 Å². The molecule has 1 heterocycles. The second-order valence-corrected chi connectivity index (χ2v) is 6.95. The summed E-state index contributed by atoms with van der Waals surface area (Å²) < 4.78 is 39.8. The molecule has 1 saturated heterocycles. The van der Waals surface area contributed by atoms with Crippen LogP contribution in [0.25, 0.3) is 0 Å². The minimum Gasteiger partial charge on any atom is -0.303 e. The molecule has 0 saturated carbocycles. The Kier molecular flexibility index (Phi) is 5.12. The van der Waals surface area contributed by atoms with Crippen molar-refractivity contribution in [3.8, 4) is 0 Å². The second-order valence-electron chi connectivity index (χ2n) is 5.21. The molecule has 112 valence electrons. The van der Waals surface area contributed by atoms with Crippen molar-refractivity contribution in [3.63, 3.8) is 0 Å². The molecule has 0 bridgehead atoms. The minimum atomic E-state index is -3.54. The van der Waals surface area contributed by atoms with Crippen molar-refractivity contribution in [1.29, 1.82) is 0 Å². The molecule has 0 aromatic heterocycles. The number of rotatable bonds is 6. The smallest absolute Gasteiger partial charge is 0.240 e. The van der Waals surface area contributed by atoms with Crippen LogP contribution in [0.3, 0.4) is 0 Å². The lowest BCUT2D eigenvalue weighted by Crippen LogP contribution is -2.29. The van der Waals surface area contributed by atoms with Gasteiger partial charge in [-0.15, -0.1) is 0 Å². The molecule has 4 nitrogen and oxygen atoms in total. The van der Waals surface area contributed by atoms with Crippen molar-refractivity contribution < 1.29 is 12.8 Å². The van der Waals surface area contributed by atoms with Crippen molar-refractivity contribution in [1.82, 2.24) is 9.62 Å². The zero-order chi connectivity index (χ0) is 14.6. The molecular weight excluding hydrogens is 279 g/mol. The number of benzene rings is 1. The van der Waals surface area contributed by atoms with Crippen LogP contribution in [0.4, 0.5) is 4.39 Å². The van der Waals surface area contributed by atoms with Crippen molar-refractivity contribution in [3.05, 3.63) is 29.6 Å². The molecule has 1 aromatic rings. The zero-order valence-electron chi connectivity index (χ0n) is 11.7. The Morgan fingerprint density at radius 3 is 2.65 bits per heavy atom. The molecule has 6 heteroatoms. The standard InChI is InChI=1S/C14H21FN2O2S/c1-12-11-13(15)5-6-14(12)20(18,19)16-7-4-10-17-8-2-3-9-17/h5-6,11,16H,2-4,7-10H2,1H3. The van der Waals surface area contributed by atoms with Gasteiger partial charge in [0, 0.05) is 6.54 Å². The third-order valence-electron chi connectivity index (χ3n) is 3.57. The number of hydrogen-bond acceptors (Lipinski definition) is 3. The minimum absolute atomic E-state index is 0.153. The molecule has 1 aliphatic rings. The summed E-state index contributed by atoms with van der Waals surface area (Å²) >= 11 is 0. The van der Waals surface area contributed by atoms with Gasteiger partial charge in [-0.2, -0.15) is 0 Å². The lowest BCUT2D eigenvalue weighted by atomic mass is 10.2. The molecule has 1 fully saturated rings. The number of hydrogen-bond donors (Lipinski definition) is 1. The van der Waals surface area contributed by atoms with Gasteiger partial charge in [0.25, 0.3) is 0 Å². The first-order valence-electron chi connectivity index (χ1n) is 6.97. The summed E-state index contributed by atoms with van der Waals surface area (Å²) in [4.78, 5) is 2.50. The molecule has 0 atom stereocenters. The first kappa shape index (κ1) is 15.4. The molecule has 0 spiro atoms. The lowest BCUT2D eigenvalue weighted by molar-refractivity contribution is 0.334. The predicted molar refractivity (Wildman–Crippen MR) is 76.6 cm³/mol. The highest BCUT2D eigenvalue weighted by Crippen LogP contribution is 2.16. The van der Waals surface area contributed by atoms with Crippen molar-refractivity contribution in [2.75, 3.05) is 26.2 Å². The van der Waals surface area contributed by atoms with E-state index in [0.717, 1.165) is 26.1 Å². The van der Waals surface area contributed by atoms with Gasteiger partial charge in [-0.25, -0.2) is 17.5 Å². The van der Waals surface area contributed by atoms with E-state index in [4.69, 9.17) is 0 Å². The topological polar surface area (TPSA) is 49.4 Å². The van der Waals surface area contributed by atoms with Crippen LogP contribution in [-0.4, -0.2) is 39.5 Å². The van der Waals surface area contributed by atoms with Gasteiger partial charge in [0.15, 0.2) is 0 Å². The van der Waals surface area contributed by atoms with Crippen molar-refractivity contribution >= 4 is 10.0 Å². The number of nitrogens with zero attached hydrogens (tertiary/aromatic N) is 1. The molecule has 20 heavy (non-hydrogen) atoms. The summed E-state index contributed by atoms with van der Waals surface area (Å²) in [5.74, 6) is -0.421. The van der Waals surface area contributed by atoms with Gasteiger partial charge in [-0.3, -0.25) is 0 Å². The Hall–Kier alpha value is -0.980. The van der Waals surface area contributed by atoms with Crippen LogP contribution in [0, 0.1) is 12.7 Å². The average molecular weight is 300 g/mol. The number of likely N-dealkylation sites (tertiary alicyclic amines) is 1. The van der Waals surface area contributed by atoms with Gasteiger partial charge in [-0.05, 0) is 69.6 Å². The van der Waals surface area contributed by atoms with E-state index in [0.29, 0.717) is 12.1 Å². The third-order valence-corrected chi connectivity index (χ3v) is 5.19. The Morgan fingerprint density at radius 2 is 2.00 bits per heavy atom. The predicted octanol–water partition coefficient (Wildman–Crippen LogP) is 1.90. The normalized spacial score (nSPS) is 16.7. The molecule has 0 radical (unpaired) electrons. The first-order chi connectivity index (χ1) is 9.49. The summed E-state index contributed by atoms with van der Waals surface area (Å²) in [6.45, 7) is 5.16. The van der Waals surface area contributed by atoms with E-state index in [1.54, 1.807) is 6.92 Å². The van der Waals surface area contributed by atoms with Gasteiger partial charge in [0.2, 0.25) is 10.0 Å². The molecule has 1 aromatic carbocycles. The van der Waals surface area contributed by atoms with E-state index in [1.165, 1.54) is 31.0 Å². The van der Waals surface area contributed by atoms with Crippen molar-refractivity contribution in [2.45, 2.75) is 31.1 Å². The molecule has 0 unspecified atom stereocenters. The Morgan fingerprint density at radius 1 is 1.30 bits per heavy atom. The summed E-state index contributed by atoms with van der Waals surface area (Å²) in [5, 5.41) is 0. The van der Waals surface area contributed by atoms with Gasteiger partial charge < -0.3 is 4.90 Å². The van der Waals surface area contributed by atoms with Crippen LogP contribution in [0.15, 0.2) is 23.1 Å². The number of halogens is 1. The van der Waals surface area contributed by atoms with Gasteiger partial charge in [0.05, 0.1) is 4.90 Å². The summed E-state index contributed by atoms with van der Waals surface area (Å²) in [6.07, 6.45) is 3.26. The average Bonchev–Trinajstić information content (AvgIpc) is 2.87. The van der Waals surface area contributed by atoms with E-state index in [2.05, 4.69) is 9.62 Å². The fraction of sp³-hybridized carbons (Fsp3) is 0.571. The van der Waals surface area contributed by atoms with Crippen LogP contribution in [0.5, 0.6) is 0 Å². The molecule has 2 rings (SSSR count). The molecule has 0 aliphatic carbocycles. The Labute approximate surface area is 120 Å². The van der Waals surface area contributed by atoms with Gasteiger partial charge in [0.1, 0.15) is 5.82 Å². The van der Waals surface area contributed by atoms with Crippen molar-refractivity contribution in [2.24, 2.45) is 0 Å². The molecule has 1 aliphatic heterocycles. The summed E-state index contributed by atoms with van der Waals surface area (Å²) in [7, 11) is -3.54. The van der Waals surface area contributed by atoms with E-state index in [1.807, 2.05) is 0 Å². The number of aryl methyl sites for hydroxylation is 1. The Bertz CT molecular complexity index is 554. The molecular formula is C14H21FN2O2S. The quantitative estimate of drug-likeness (QED) is 0.816. The van der Waals surface area contributed by atoms with E-state index in [9.17, 15) is 12.8 Å². The van der Waals surface area contributed by atoms with E-state index >= 15 is 0 Å². The van der Waals surface area contributed by atoms with Crippen LogP contribution in [0.2, 0.25) is 0 Å². The fourth-order valence-electron chi connectivity index (χ4n) is 2.51. The van der Waals surface area contributed by atoms with Crippen LogP contribution in [0.1, 0.15) is 24.8 Å². The highest BCUT2D eigenvalue weighted by molar-refractivity contribution is 7.89. The third kappa shape index (κ3) is 4.01. The summed E-state index contributed by atoms with van der Waals surface area (Å²) in [5.41, 5.74) is 0.428. The molecule has 1 N–H and O–H groups in total. The maximum absolute atomic E-state index is 13.0. The monoisotopic (exact) mass is 300 g/mol. The largest absolute Gasteiger partial charge is 0.303 e. The first-order valence-corrected chi connectivity index (χ1v) is 8.45. The van der Waals surface area contributed by atoms with Gasteiger partial charge >= 0.3 is 0 Å². The molecule has 0 amide bonds. The number of sulfonamides is 1. The van der Waals surface area contributed by atoms with Crippen LogP contribution in [-0.2, 0) is 10.0 Å². The van der Waals surface area contributed by atoms with Crippen LogP contribution >= 0.6 is 0 Å². The fourth-order valence-corrected chi connectivity index (χ4v) is 3.81. The Balaban J connectivity index is 1.87.